The summed E-state index contributed by atoms with van der Waals surface area (Å²) in [4.78, 5) is 26.9. The maximum Gasteiger partial charge on any atom is 0.320 e. The first-order chi connectivity index (χ1) is 14.7. The molecule has 6 nitrogen and oxygen atoms in total. The Hall–Kier alpha value is -2.42. The molecule has 0 atom stereocenters. The van der Waals surface area contributed by atoms with Crippen LogP contribution in [0.1, 0.15) is 49.6 Å². The molecule has 5 rings (SSSR count). The summed E-state index contributed by atoms with van der Waals surface area (Å²) in [6.07, 6.45) is 10.1. The number of carbonyl (C=O) groups is 2. The molecule has 3 aromatic heterocycles. The number of aldehydes is 1. The molecule has 4 heterocycles. The Morgan fingerprint density at radius 3 is 2.77 bits per heavy atom. The number of nitrogens with one attached hydrogen (secondary N) is 3. The predicted octanol–water partition coefficient (Wildman–Crippen LogP) is 4.26. The van der Waals surface area contributed by atoms with Gasteiger partial charge in [-0.2, -0.15) is 0 Å². The van der Waals surface area contributed by atoms with Crippen molar-refractivity contribution >= 4 is 40.0 Å². The van der Waals surface area contributed by atoms with Crippen LogP contribution in [0.2, 0.25) is 0 Å². The van der Waals surface area contributed by atoms with E-state index in [9.17, 15) is 9.59 Å². The van der Waals surface area contributed by atoms with Gasteiger partial charge in [0.1, 0.15) is 10.0 Å². The minimum absolute atomic E-state index is 0.260. The molecule has 8 heteroatoms. The Morgan fingerprint density at radius 2 is 1.93 bits per heavy atom. The molecule has 3 N–H and O–H groups in total. The Bertz CT molecular complexity index is 1080. The molecule has 2 aliphatic rings. The lowest BCUT2D eigenvalue weighted by Crippen LogP contribution is -2.29. The summed E-state index contributed by atoms with van der Waals surface area (Å²) in [7, 11) is 0. The number of aromatic nitrogens is 1. The van der Waals surface area contributed by atoms with E-state index in [-0.39, 0.29) is 6.03 Å². The van der Waals surface area contributed by atoms with Gasteiger partial charge in [-0.15, -0.1) is 22.7 Å². The second-order valence-electron chi connectivity index (χ2n) is 7.68. The number of hydrogen-bond donors (Lipinski definition) is 3. The highest BCUT2D eigenvalue weighted by Crippen LogP contribution is 2.37. The Morgan fingerprint density at radius 1 is 1.10 bits per heavy atom. The van der Waals surface area contributed by atoms with Crippen LogP contribution < -0.4 is 16.0 Å². The molecule has 0 saturated carbocycles. The van der Waals surface area contributed by atoms with E-state index in [1.54, 1.807) is 22.7 Å². The molecular formula is C22H24N4O2S2. The molecule has 0 spiro atoms. The minimum Gasteiger partial charge on any atom is -0.334 e. The van der Waals surface area contributed by atoms with Gasteiger partial charge in [-0.25, -0.2) is 4.79 Å². The number of amides is 2. The van der Waals surface area contributed by atoms with E-state index in [4.69, 9.17) is 0 Å². The molecule has 156 valence electrons. The number of rotatable bonds is 5. The first-order valence-electron chi connectivity index (χ1n) is 10.4. The van der Waals surface area contributed by atoms with Crippen LogP contribution in [0.4, 0.5) is 9.80 Å². The Kier molecular flexibility index (Phi) is 5.45. The summed E-state index contributed by atoms with van der Waals surface area (Å²) in [6.45, 7) is 2.30. The largest absolute Gasteiger partial charge is 0.334 e. The number of fused-ring (bicyclic) bond motifs is 2. The van der Waals surface area contributed by atoms with E-state index in [0.29, 0.717) is 17.1 Å². The number of thiophene rings is 2. The summed E-state index contributed by atoms with van der Waals surface area (Å²) in [5.41, 5.74) is 4.33. The fourth-order valence-electron chi connectivity index (χ4n) is 4.37. The third-order valence-corrected chi connectivity index (χ3v) is 8.35. The topological polar surface area (TPSA) is 75.2 Å². The molecule has 1 aliphatic heterocycles. The lowest BCUT2D eigenvalue weighted by Gasteiger charge is -2.15. The van der Waals surface area contributed by atoms with Gasteiger partial charge in [0.05, 0.1) is 5.56 Å². The van der Waals surface area contributed by atoms with Crippen molar-refractivity contribution in [3.8, 4) is 5.00 Å². The highest BCUT2D eigenvalue weighted by molar-refractivity contribution is 7.17. The van der Waals surface area contributed by atoms with Crippen LogP contribution in [-0.2, 0) is 32.4 Å². The molecule has 30 heavy (non-hydrogen) atoms. The van der Waals surface area contributed by atoms with Gasteiger partial charge < -0.3 is 15.2 Å². The molecule has 0 bridgehead atoms. The van der Waals surface area contributed by atoms with Gasteiger partial charge in [0.25, 0.3) is 0 Å². The Balaban J connectivity index is 1.35. The van der Waals surface area contributed by atoms with Crippen molar-refractivity contribution in [1.82, 2.24) is 15.2 Å². The van der Waals surface area contributed by atoms with Gasteiger partial charge in [0, 0.05) is 40.8 Å². The molecule has 1 aliphatic carbocycles. The number of urea groups is 1. The minimum atomic E-state index is -0.260. The molecule has 0 aromatic carbocycles. The van der Waals surface area contributed by atoms with Crippen LogP contribution in [0.5, 0.6) is 0 Å². The van der Waals surface area contributed by atoms with E-state index < -0.39 is 0 Å². The smallest absolute Gasteiger partial charge is 0.320 e. The van der Waals surface area contributed by atoms with Crippen LogP contribution in [0.3, 0.4) is 0 Å². The van der Waals surface area contributed by atoms with E-state index in [1.165, 1.54) is 20.9 Å². The van der Waals surface area contributed by atoms with Crippen molar-refractivity contribution in [2.24, 2.45) is 0 Å². The zero-order valence-electron chi connectivity index (χ0n) is 16.6. The lowest BCUT2D eigenvalue weighted by molar-refractivity contribution is 0.112. The summed E-state index contributed by atoms with van der Waals surface area (Å²) in [5.74, 6) is 0. The maximum atomic E-state index is 12.7. The first kappa shape index (κ1) is 19.5. The number of carbonyl (C=O) groups excluding carboxylic acids is 2. The molecule has 0 unspecified atom stereocenters. The predicted molar refractivity (Wildman–Crippen MR) is 121 cm³/mol. The van der Waals surface area contributed by atoms with Crippen molar-refractivity contribution in [2.75, 3.05) is 11.9 Å². The second-order valence-corrected chi connectivity index (χ2v) is 9.87. The van der Waals surface area contributed by atoms with Crippen LogP contribution in [0.15, 0.2) is 24.5 Å². The van der Waals surface area contributed by atoms with Crippen molar-refractivity contribution in [3.05, 3.63) is 56.5 Å². The zero-order valence-corrected chi connectivity index (χ0v) is 18.3. The van der Waals surface area contributed by atoms with E-state index >= 15 is 0 Å². The number of anilines is 1. The Labute approximate surface area is 183 Å². The van der Waals surface area contributed by atoms with Crippen LogP contribution in [0, 0.1) is 0 Å². The van der Waals surface area contributed by atoms with Gasteiger partial charge >= 0.3 is 6.03 Å². The quantitative estimate of drug-likeness (QED) is 0.519. The average Bonchev–Trinajstić information content (AvgIpc) is 3.48. The normalized spacial score (nSPS) is 15.3. The van der Waals surface area contributed by atoms with E-state index in [0.717, 1.165) is 62.0 Å². The number of hydrogen-bond acceptors (Lipinski definition) is 5. The molecule has 0 radical (unpaired) electrons. The molecular weight excluding hydrogens is 416 g/mol. The van der Waals surface area contributed by atoms with Crippen LogP contribution in [-0.4, -0.2) is 23.4 Å². The summed E-state index contributed by atoms with van der Waals surface area (Å²) < 4.78 is 2.12. The van der Waals surface area contributed by atoms with Gasteiger partial charge in [-0.1, -0.05) is 0 Å². The van der Waals surface area contributed by atoms with Crippen molar-refractivity contribution in [2.45, 2.75) is 45.2 Å². The van der Waals surface area contributed by atoms with E-state index in [1.807, 2.05) is 24.5 Å². The third kappa shape index (κ3) is 3.59. The fraction of sp³-hybridized carbons (Fsp3) is 0.364. The first-order valence-corrected chi connectivity index (χ1v) is 12.0. The van der Waals surface area contributed by atoms with Gasteiger partial charge in [0.2, 0.25) is 0 Å². The third-order valence-electron chi connectivity index (χ3n) is 5.84. The molecule has 3 aromatic rings. The maximum absolute atomic E-state index is 12.7. The number of nitrogens with zero attached hydrogens (tertiary/aromatic N) is 1. The highest BCUT2D eigenvalue weighted by atomic mass is 32.1. The van der Waals surface area contributed by atoms with Crippen molar-refractivity contribution in [3.63, 3.8) is 0 Å². The number of aryl methyl sites for hydroxylation is 1. The zero-order chi connectivity index (χ0) is 20.5. The van der Waals surface area contributed by atoms with Crippen LogP contribution >= 0.6 is 22.7 Å². The highest BCUT2D eigenvalue weighted by Gasteiger charge is 2.23. The SMILES string of the molecule is O=Cc1c(NC(=O)NCc2c(-n3cccc3)sc3c2CCNC3)sc2c1CCCC2. The van der Waals surface area contributed by atoms with Gasteiger partial charge in [-0.3, -0.25) is 10.1 Å². The standard InChI is InChI=1S/C22H24N4O2S2/c27-13-17-14-5-1-2-6-18(14)29-20(17)25-22(28)24-11-16-15-7-8-23-12-19(15)30-21(16)26-9-3-4-10-26/h3-4,9-10,13,23H,1-2,5-8,11-12H2,(H2,24,25,28). The van der Waals surface area contributed by atoms with Crippen molar-refractivity contribution < 1.29 is 9.59 Å². The second kappa shape index (κ2) is 8.37. The summed E-state index contributed by atoms with van der Waals surface area (Å²) >= 11 is 3.33. The van der Waals surface area contributed by atoms with Gasteiger partial charge in [0.15, 0.2) is 6.29 Å². The monoisotopic (exact) mass is 440 g/mol. The van der Waals surface area contributed by atoms with Gasteiger partial charge in [-0.05, 0) is 61.9 Å². The molecule has 2 amide bonds. The van der Waals surface area contributed by atoms with Crippen LogP contribution in [0.25, 0.3) is 5.00 Å². The average molecular weight is 441 g/mol. The van der Waals surface area contributed by atoms with Crippen molar-refractivity contribution in [1.29, 1.82) is 0 Å². The van der Waals surface area contributed by atoms with E-state index in [2.05, 4.69) is 20.5 Å². The fourth-order valence-corrected chi connectivity index (χ4v) is 6.93. The summed E-state index contributed by atoms with van der Waals surface area (Å²) in [6, 6.07) is 3.77. The molecule has 0 saturated heterocycles. The summed E-state index contributed by atoms with van der Waals surface area (Å²) in [5, 5.41) is 11.2. The molecule has 0 fully saturated rings. The lowest BCUT2D eigenvalue weighted by atomic mass is 9.96.